The van der Waals surface area contributed by atoms with Crippen molar-refractivity contribution >= 4 is 35.1 Å². The highest BCUT2D eigenvalue weighted by molar-refractivity contribution is 6.31. The molecule has 4 rings (SSSR count). The van der Waals surface area contributed by atoms with Crippen LogP contribution in [0.15, 0.2) is 24.3 Å². The molecular formula is C24H29ClN4O4. The normalized spacial score (nSPS) is 21.0. The molecule has 1 aliphatic carbocycles. The van der Waals surface area contributed by atoms with E-state index in [0.29, 0.717) is 10.7 Å². The molecule has 0 spiro atoms. The Hall–Kier alpha value is -2.87. The number of amides is 2. The topological polar surface area (TPSA) is 93.5 Å². The lowest BCUT2D eigenvalue weighted by atomic mass is 9.91. The number of carbonyl (C=O) groups is 3. The van der Waals surface area contributed by atoms with Crippen LogP contribution >= 0.6 is 11.6 Å². The molecular weight excluding hydrogens is 444 g/mol. The number of hydrogen-bond acceptors (Lipinski definition) is 5. The lowest BCUT2D eigenvalue weighted by molar-refractivity contribution is -0.127. The van der Waals surface area contributed by atoms with E-state index in [2.05, 4.69) is 10.4 Å². The fourth-order valence-corrected chi connectivity index (χ4v) is 4.77. The minimum absolute atomic E-state index is 0.0408. The van der Waals surface area contributed by atoms with Crippen molar-refractivity contribution in [2.45, 2.75) is 71.0 Å². The Morgan fingerprint density at radius 3 is 2.64 bits per heavy atom. The number of ether oxygens (including phenoxy) is 1. The molecule has 0 saturated heterocycles. The first kappa shape index (κ1) is 23.3. The van der Waals surface area contributed by atoms with E-state index in [1.165, 1.54) is 22.1 Å². The number of hydrogen-bond donors (Lipinski definition) is 1. The van der Waals surface area contributed by atoms with Crippen LogP contribution in [0.1, 0.15) is 72.5 Å². The predicted molar refractivity (Wildman–Crippen MR) is 125 cm³/mol. The molecule has 0 bridgehead atoms. The van der Waals surface area contributed by atoms with Gasteiger partial charge < -0.3 is 10.1 Å². The van der Waals surface area contributed by atoms with Crippen LogP contribution in [0.2, 0.25) is 5.02 Å². The second-order valence-electron chi connectivity index (χ2n) is 8.95. The van der Waals surface area contributed by atoms with Gasteiger partial charge in [-0.25, -0.2) is 4.79 Å². The van der Waals surface area contributed by atoms with Crippen molar-refractivity contribution in [3.8, 4) is 0 Å². The summed E-state index contributed by atoms with van der Waals surface area (Å²) >= 11 is 6.37. The van der Waals surface area contributed by atoms with Crippen molar-refractivity contribution in [3.63, 3.8) is 0 Å². The van der Waals surface area contributed by atoms with Gasteiger partial charge in [-0.3, -0.25) is 19.2 Å². The van der Waals surface area contributed by atoms with Crippen molar-refractivity contribution < 1.29 is 19.1 Å². The molecule has 0 radical (unpaired) electrons. The van der Waals surface area contributed by atoms with Gasteiger partial charge in [0.1, 0.15) is 11.2 Å². The number of nitrogens with one attached hydrogen (secondary N) is 1. The van der Waals surface area contributed by atoms with Gasteiger partial charge in [-0.05, 0) is 51.3 Å². The average Bonchev–Trinajstić information content (AvgIpc) is 3.21. The molecule has 176 valence electrons. The molecule has 9 heteroatoms. The fraction of sp³-hybridized carbons (Fsp3) is 0.500. The number of halogens is 1. The van der Waals surface area contributed by atoms with Crippen molar-refractivity contribution in [2.75, 3.05) is 11.5 Å². The average molecular weight is 473 g/mol. The van der Waals surface area contributed by atoms with Crippen LogP contribution in [0.5, 0.6) is 0 Å². The lowest BCUT2D eigenvalue weighted by Crippen LogP contribution is -2.65. The summed E-state index contributed by atoms with van der Waals surface area (Å²) in [7, 11) is 0. The van der Waals surface area contributed by atoms with E-state index in [4.69, 9.17) is 16.3 Å². The third-order valence-corrected chi connectivity index (χ3v) is 6.89. The molecule has 2 heterocycles. The van der Waals surface area contributed by atoms with E-state index in [1.54, 1.807) is 26.0 Å². The van der Waals surface area contributed by atoms with Gasteiger partial charge in [-0.1, -0.05) is 36.9 Å². The number of carbonyl (C=O) groups excluding carboxylic acids is 3. The summed E-state index contributed by atoms with van der Waals surface area (Å²) in [6.45, 7) is 5.60. The van der Waals surface area contributed by atoms with Gasteiger partial charge in [0.2, 0.25) is 5.91 Å². The molecule has 8 nitrogen and oxygen atoms in total. The Labute approximate surface area is 198 Å². The Morgan fingerprint density at radius 2 is 1.97 bits per heavy atom. The van der Waals surface area contributed by atoms with Gasteiger partial charge in [0.15, 0.2) is 5.69 Å². The zero-order valence-electron chi connectivity index (χ0n) is 19.2. The maximum absolute atomic E-state index is 13.7. The van der Waals surface area contributed by atoms with Gasteiger partial charge in [-0.15, -0.1) is 0 Å². The molecule has 33 heavy (non-hydrogen) atoms. The highest BCUT2D eigenvalue weighted by Crippen LogP contribution is 2.35. The number of nitrogens with zero attached hydrogens (tertiary/aromatic N) is 3. The third-order valence-electron chi connectivity index (χ3n) is 6.48. The predicted octanol–water partition coefficient (Wildman–Crippen LogP) is 3.89. The number of rotatable bonds is 5. The Kier molecular flexibility index (Phi) is 6.47. The maximum atomic E-state index is 13.7. The number of anilines is 1. The van der Waals surface area contributed by atoms with Crippen molar-refractivity contribution in [2.24, 2.45) is 0 Å². The van der Waals surface area contributed by atoms with Gasteiger partial charge in [-0.2, -0.15) is 5.10 Å². The molecule has 1 aliphatic heterocycles. The van der Waals surface area contributed by atoms with Gasteiger partial charge in [0.05, 0.1) is 13.2 Å². The van der Waals surface area contributed by atoms with Crippen LogP contribution in [0, 0.1) is 6.92 Å². The highest BCUT2D eigenvalue weighted by Gasteiger charge is 2.49. The summed E-state index contributed by atoms with van der Waals surface area (Å²) in [5.41, 5.74) is 0.379. The zero-order valence-corrected chi connectivity index (χ0v) is 19.9. The van der Waals surface area contributed by atoms with E-state index in [0.717, 1.165) is 31.2 Å². The van der Waals surface area contributed by atoms with Crippen molar-refractivity contribution in [1.82, 2.24) is 15.1 Å². The first-order valence-corrected chi connectivity index (χ1v) is 11.8. The van der Waals surface area contributed by atoms with Gasteiger partial charge in [0, 0.05) is 22.8 Å². The summed E-state index contributed by atoms with van der Waals surface area (Å²) in [6.07, 6.45) is 5.16. The van der Waals surface area contributed by atoms with Crippen LogP contribution in [-0.2, 0) is 16.1 Å². The summed E-state index contributed by atoms with van der Waals surface area (Å²) in [5.74, 6) is -1.28. The Bertz CT molecular complexity index is 1090. The molecule has 1 unspecified atom stereocenters. The van der Waals surface area contributed by atoms with E-state index in [9.17, 15) is 14.4 Å². The second-order valence-corrected chi connectivity index (χ2v) is 9.36. The second kappa shape index (κ2) is 9.17. The molecule has 1 saturated carbocycles. The van der Waals surface area contributed by atoms with E-state index >= 15 is 0 Å². The molecule has 2 amide bonds. The molecule has 2 aromatic rings. The zero-order chi connectivity index (χ0) is 23.8. The number of esters is 1. The number of benzene rings is 1. The number of fused-ring (bicyclic) bond motifs is 1. The molecule has 1 aromatic carbocycles. The van der Waals surface area contributed by atoms with Gasteiger partial charge in [0.25, 0.3) is 5.91 Å². The van der Waals surface area contributed by atoms with E-state index in [1.807, 2.05) is 13.0 Å². The first-order chi connectivity index (χ1) is 15.7. The lowest BCUT2D eigenvalue weighted by Gasteiger charge is -2.44. The van der Waals surface area contributed by atoms with E-state index in [-0.39, 0.29) is 36.5 Å². The number of aryl methyl sites for hydroxylation is 1. The summed E-state index contributed by atoms with van der Waals surface area (Å²) in [6, 6.07) is 6.79. The monoisotopic (exact) mass is 472 g/mol. The number of aromatic nitrogens is 2. The summed E-state index contributed by atoms with van der Waals surface area (Å²) in [5, 5.41) is 7.95. The van der Waals surface area contributed by atoms with E-state index < -0.39 is 17.4 Å². The molecule has 1 fully saturated rings. The van der Waals surface area contributed by atoms with Crippen molar-refractivity contribution in [1.29, 1.82) is 0 Å². The quantitative estimate of drug-likeness (QED) is 0.666. The van der Waals surface area contributed by atoms with Crippen molar-refractivity contribution in [3.05, 3.63) is 46.2 Å². The molecule has 1 N–H and O–H groups in total. The smallest absolute Gasteiger partial charge is 0.358 e. The first-order valence-electron chi connectivity index (χ1n) is 11.4. The standard InChI is InChI=1S/C24H29ClN4O4/c1-4-33-22(31)19-13-20-21(30)29(17-11-10-15(2)18(25)12-17)24(3,14-28(20)27-19)23(32)26-16-8-6-5-7-9-16/h10-13,16H,4-9,14H2,1-3H3,(H,26,32). The van der Waals surface area contributed by atoms with Crippen LogP contribution in [0.3, 0.4) is 0 Å². The Morgan fingerprint density at radius 1 is 1.24 bits per heavy atom. The maximum Gasteiger partial charge on any atom is 0.358 e. The SMILES string of the molecule is CCOC(=O)c1cc2n(n1)CC(C)(C(=O)NC1CCCCC1)N(c1ccc(C)c(Cl)c1)C2=O. The third kappa shape index (κ3) is 4.36. The fourth-order valence-electron chi connectivity index (χ4n) is 4.60. The summed E-state index contributed by atoms with van der Waals surface area (Å²) in [4.78, 5) is 41.1. The summed E-state index contributed by atoms with van der Waals surface area (Å²) < 4.78 is 6.48. The minimum Gasteiger partial charge on any atom is -0.461 e. The van der Waals surface area contributed by atoms with Crippen LogP contribution in [-0.4, -0.2) is 45.8 Å². The van der Waals surface area contributed by atoms with Crippen LogP contribution in [0.25, 0.3) is 0 Å². The van der Waals surface area contributed by atoms with Gasteiger partial charge >= 0.3 is 5.97 Å². The Balaban J connectivity index is 1.76. The molecule has 1 aromatic heterocycles. The minimum atomic E-state index is -1.27. The van der Waals surface area contributed by atoms with Crippen LogP contribution < -0.4 is 10.2 Å². The molecule has 1 atom stereocenters. The van der Waals surface area contributed by atoms with Crippen LogP contribution in [0.4, 0.5) is 5.69 Å². The largest absolute Gasteiger partial charge is 0.461 e. The molecule has 2 aliphatic rings. The highest BCUT2D eigenvalue weighted by atomic mass is 35.5.